The molecule has 0 saturated heterocycles. The number of fused-ring (bicyclic) bond motifs is 1. The summed E-state index contributed by atoms with van der Waals surface area (Å²) in [6.45, 7) is 3.92. The Morgan fingerprint density at radius 1 is 1.14 bits per heavy atom. The van der Waals surface area contributed by atoms with Gasteiger partial charge in [0.05, 0.1) is 17.7 Å². The Hall–Kier alpha value is -2.17. The highest BCUT2D eigenvalue weighted by Crippen LogP contribution is 2.26. The van der Waals surface area contributed by atoms with E-state index < -0.39 is 23.8 Å². The van der Waals surface area contributed by atoms with Crippen LogP contribution in [0.4, 0.5) is 0 Å². The molecular formula is C16H19NO4. The van der Waals surface area contributed by atoms with Gasteiger partial charge in [0, 0.05) is 0 Å². The van der Waals surface area contributed by atoms with Crippen molar-refractivity contribution in [3.63, 3.8) is 0 Å². The summed E-state index contributed by atoms with van der Waals surface area (Å²) in [6.07, 6.45) is 2.05. The first-order valence-electron chi connectivity index (χ1n) is 7.25. The number of amides is 2. The summed E-state index contributed by atoms with van der Waals surface area (Å²) in [5.74, 6) is -1.34. The third-order valence-corrected chi connectivity index (χ3v) is 3.53. The molecule has 5 heteroatoms. The summed E-state index contributed by atoms with van der Waals surface area (Å²) < 4.78 is 5.02. The van der Waals surface area contributed by atoms with E-state index in [9.17, 15) is 14.4 Å². The molecule has 0 bridgehead atoms. The van der Waals surface area contributed by atoms with Gasteiger partial charge in [0.1, 0.15) is 6.04 Å². The SMILES string of the molecule is CCCCC(C(=O)OCC)N1C(=O)c2ccccc2C1=O. The number of carbonyl (C=O) groups is 3. The zero-order valence-electron chi connectivity index (χ0n) is 12.3. The molecule has 0 N–H and O–H groups in total. The monoisotopic (exact) mass is 289 g/mol. The first-order chi connectivity index (χ1) is 10.1. The van der Waals surface area contributed by atoms with Crippen LogP contribution in [0.15, 0.2) is 24.3 Å². The van der Waals surface area contributed by atoms with Gasteiger partial charge in [-0.05, 0) is 25.5 Å². The van der Waals surface area contributed by atoms with E-state index in [-0.39, 0.29) is 6.61 Å². The fourth-order valence-corrected chi connectivity index (χ4v) is 2.48. The predicted octanol–water partition coefficient (Wildman–Crippen LogP) is 2.40. The van der Waals surface area contributed by atoms with Crippen molar-refractivity contribution in [1.29, 1.82) is 0 Å². The van der Waals surface area contributed by atoms with E-state index in [1.54, 1.807) is 31.2 Å². The fourth-order valence-electron chi connectivity index (χ4n) is 2.48. The molecule has 2 amide bonds. The quantitative estimate of drug-likeness (QED) is 0.596. The lowest BCUT2D eigenvalue weighted by molar-refractivity contribution is -0.148. The van der Waals surface area contributed by atoms with Crippen LogP contribution in [0.5, 0.6) is 0 Å². The number of esters is 1. The van der Waals surface area contributed by atoms with Crippen molar-refractivity contribution in [3.05, 3.63) is 35.4 Å². The molecule has 5 nitrogen and oxygen atoms in total. The van der Waals surface area contributed by atoms with Crippen LogP contribution in [-0.2, 0) is 9.53 Å². The number of hydrogen-bond acceptors (Lipinski definition) is 4. The van der Waals surface area contributed by atoms with Gasteiger partial charge in [-0.25, -0.2) is 4.79 Å². The molecule has 0 spiro atoms. The van der Waals surface area contributed by atoms with Crippen molar-refractivity contribution in [2.24, 2.45) is 0 Å². The van der Waals surface area contributed by atoms with E-state index in [0.717, 1.165) is 17.7 Å². The molecule has 1 aliphatic heterocycles. The number of hydrogen-bond donors (Lipinski definition) is 0. The van der Waals surface area contributed by atoms with E-state index in [1.807, 2.05) is 6.92 Å². The van der Waals surface area contributed by atoms with Crippen molar-refractivity contribution in [2.75, 3.05) is 6.61 Å². The second-order valence-electron chi connectivity index (χ2n) is 4.94. The zero-order chi connectivity index (χ0) is 15.4. The van der Waals surface area contributed by atoms with Crippen LogP contribution in [0.3, 0.4) is 0 Å². The second-order valence-corrected chi connectivity index (χ2v) is 4.94. The van der Waals surface area contributed by atoms with Crippen molar-refractivity contribution in [2.45, 2.75) is 39.2 Å². The number of nitrogens with zero attached hydrogens (tertiary/aromatic N) is 1. The molecule has 1 atom stereocenters. The lowest BCUT2D eigenvalue weighted by Gasteiger charge is -2.24. The summed E-state index contributed by atoms with van der Waals surface area (Å²) in [5, 5.41) is 0. The highest BCUT2D eigenvalue weighted by Gasteiger charge is 2.42. The number of carbonyl (C=O) groups excluding carboxylic acids is 3. The van der Waals surface area contributed by atoms with Crippen molar-refractivity contribution in [1.82, 2.24) is 4.90 Å². The van der Waals surface area contributed by atoms with Gasteiger partial charge in [-0.2, -0.15) is 0 Å². The first-order valence-corrected chi connectivity index (χ1v) is 7.25. The molecular weight excluding hydrogens is 270 g/mol. The highest BCUT2D eigenvalue weighted by atomic mass is 16.5. The number of rotatable bonds is 6. The number of benzene rings is 1. The number of unbranched alkanes of at least 4 members (excludes halogenated alkanes) is 1. The average molecular weight is 289 g/mol. The zero-order valence-corrected chi connectivity index (χ0v) is 12.3. The van der Waals surface area contributed by atoms with Gasteiger partial charge in [0.15, 0.2) is 0 Å². The van der Waals surface area contributed by atoms with Crippen molar-refractivity contribution in [3.8, 4) is 0 Å². The van der Waals surface area contributed by atoms with Gasteiger partial charge < -0.3 is 4.74 Å². The van der Waals surface area contributed by atoms with E-state index in [4.69, 9.17) is 4.74 Å². The molecule has 2 rings (SSSR count). The van der Waals surface area contributed by atoms with Gasteiger partial charge in [-0.1, -0.05) is 31.9 Å². The van der Waals surface area contributed by atoms with E-state index >= 15 is 0 Å². The van der Waals surface area contributed by atoms with E-state index in [2.05, 4.69) is 0 Å². The van der Waals surface area contributed by atoms with Gasteiger partial charge in [-0.3, -0.25) is 14.5 Å². The Labute approximate surface area is 123 Å². The van der Waals surface area contributed by atoms with Gasteiger partial charge in [0.25, 0.3) is 11.8 Å². The minimum atomic E-state index is -0.836. The van der Waals surface area contributed by atoms with Gasteiger partial charge in [-0.15, -0.1) is 0 Å². The van der Waals surface area contributed by atoms with Crippen LogP contribution in [0.1, 0.15) is 53.8 Å². The van der Waals surface area contributed by atoms with E-state index in [1.165, 1.54) is 0 Å². The van der Waals surface area contributed by atoms with Crippen LogP contribution < -0.4 is 0 Å². The lowest BCUT2D eigenvalue weighted by atomic mass is 10.1. The molecule has 1 aliphatic rings. The Morgan fingerprint density at radius 2 is 1.71 bits per heavy atom. The Kier molecular flexibility index (Phi) is 4.73. The summed E-state index contributed by atoms with van der Waals surface area (Å²) >= 11 is 0. The molecule has 0 saturated carbocycles. The third kappa shape index (κ3) is 2.82. The third-order valence-electron chi connectivity index (χ3n) is 3.53. The molecule has 1 unspecified atom stereocenters. The van der Waals surface area contributed by atoms with Crippen LogP contribution in [0, 0.1) is 0 Å². The molecule has 112 valence electrons. The smallest absolute Gasteiger partial charge is 0.329 e. The Morgan fingerprint density at radius 3 is 2.19 bits per heavy atom. The predicted molar refractivity (Wildman–Crippen MR) is 76.9 cm³/mol. The molecule has 0 aromatic heterocycles. The van der Waals surface area contributed by atoms with Crippen LogP contribution in [0.2, 0.25) is 0 Å². The van der Waals surface area contributed by atoms with E-state index in [0.29, 0.717) is 17.5 Å². The average Bonchev–Trinajstić information content (AvgIpc) is 2.73. The molecule has 1 aromatic carbocycles. The van der Waals surface area contributed by atoms with Crippen molar-refractivity contribution < 1.29 is 19.1 Å². The molecule has 1 heterocycles. The Balaban J connectivity index is 2.31. The maximum absolute atomic E-state index is 12.4. The number of imide groups is 1. The van der Waals surface area contributed by atoms with Crippen LogP contribution in [0.25, 0.3) is 0 Å². The second kappa shape index (κ2) is 6.52. The minimum Gasteiger partial charge on any atom is -0.464 e. The van der Waals surface area contributed by atoms with Crippen LogP contribution in [-0.4, -0.2) is 35.3 Å². The molecule has 0 radical (unpaired) electrons. The fraction of sp³-hybridized carbons (Fsp3) is 0.438. The summed E-state index contributed by atoms with van der Waals surface area (Å²) in [7, 11) is 0. The Bertz CT molecular complexity index is 532. The van der Waals surface area contributed by atoms with Gasteiger partial charge >= 0.3 is 5.97 Å². The maximum Gasteiger partial charge on any atom is 0.329 e. The topological polar surface area (TPSA) is 63.7 Å². The summed E-state index contributed by atoms with van der Waals surface area (Å²) in [5.41, 5.74) is 0.710. The molecule has 0 aliphatic carbocycles. The molecule has 1 aromatic rings. The summed E-state index contributed by atoms with van der Waals surface area (Å²) in [4.78, 5) is 38.0. The normalized spacial score (nSPS) is 15.0. The standard InChI is InChI=1S/C16H19NO4/c1-3-5-10-13(16(20)21-4-2)17-14(18)11-8-6-7-9-12(11)15(17)19/h6-9,13H,3-5,10H2,1-2H3. The highest BCUT2D eigenvalue weighted by molar-refractivity contribution is 6.22. The van der Waals surface area contributed by atoms with Crippen molar-refractivity contribution >= 4 is 17.8 Å². The largest absolute Gasteiger partial charge is 0.464 e. The lowest BCUT2D eigenvalue weighted by Crippen LogP contribution is -2.45. The maximum atomic E-state index is 12.4. The number of ether oxygens (including phenoxy) is 1. The molecule has 0 fully saturated rings. The minimum absolute atomic E-state index is 0.227. The first kappa shape index (κ1) is 15.2. The van der Waals surface area contributed by atoms with Gasteiger partial charge in [0.2, 0.25) is 0 Å². The molecule has 21 heavy (non-hydrogen) atoms. The summed E-state index contributed by atoms with van der Waals surface area (Å²) in [6, 6.07) is 5.80. The van der Waals surface area contributed by atoms with Crippen LogP contribution >= 0.6 is 0 Å².